The highest BCUT2D eigenvalue weighted by Crippen LogP contribution is 2.48. The quantitative estimate of drug-likeness (QED) is 0.606. The number of amides is 3. The lowest BCUT2D eigenvalue weighted by Crippen LogP contribution is -2.53. The van der Waals surface area contributed by atoms with E-state index in [4.69, 9.17) is 4.74 Å². The average molecular weight is 387 g/mol. The average Bonchev–Trinajstić information content (AvgIpc) is 3.50. The van der Waals surface area contributed by atoms with Crippen molar-refractivity contribution in [1.29, 1.82) is 0 Å². The van der Waals surface area contributed by atoms with Gasteiger partial charge in [0.15, 0.2) is 0 Å². The lowest BCUT2D eigenvalue weighted by molar-refractivity contribution is -0.146. The number of hydrogen-bond acceptors (Lipinski definition) is 5. The molecule has 0 bridgehead atoms. The predicted molar refractivity (Wildman–Crippen MR) is 102 cm³/mol. The zero-order valence-electron chi connectivity index (χ0n) is 16.2. The van der Waals surface area contributed by atoms with Crippen molar-refractivity contribution < 1.29 is 23.9 Å². The van der Waals surface area contributed by atoms with Crippen molar-refractivity contribution in [1.82, 2.24) is 9.80 Å². The first-order valence-corrected chi connectivity index (χ1v) is 9.51. The lowest BCUT2D eigenvalue weighted by Gasteiger charge is -2.35. The summed E-state index contributed by atoms with van der Waals surface area (Å²) < 4.78 is 5.03. The van der Waals surface area contributed by atoms with Gasteiger partial charge in [0.05, 0.1) is 17.9 Å². The SMILES string of the molecule is CCOC(=O)c1ccccc1NC(=O)C1(C(=O)N2CCN(C(C)=O)CC2)CC1. The third-order valence-electron chi connectivity index (χ3n) is 5.28. The van der Waals surface area contributed by atoms with E-state index in [0.717, 1.165) is 0 Å². The Morgan fingerprint density at radius 2 is 1.64 bits per heavy atom. The number of ether oxygens (including phenoxy) is 1. The molecule has 3 amide bonds. The number of benzene rings is 1. The molecule has 150 valence electrons. The van der Waals surface area contributed by atoms with Crippen LogP contribution in [0.15, 0.2) is 24.3 Å². The Morgan fingerprint density at radius 3 is 2.21 bits per heavy atom. The van der Waals surface area contributed by atoms with E-state index in [1.54, 1.807) is 41.0 Å². The van der Waals surface area contributed by atoms with Gasteiger partial charge in [-0.3, -0.25) is 14.4 Å². The summed E-state index contributed by atoms with van der Waals surface area (Å²) in [6.45, 7) is 5.25. The van der Waals surface area contributed by atoms with Crippen LogP contribution in [-0.2, 0) is 19.1 Å². The van der Waals surface area contributed by atoms with Gasteiger partial charge in [-0.1, -0.05) is 12.1 Å². The Labute approximate surface area is 163 Å². The summed E-state index contributed by atoms with van der Waals surface area (Å²) in [5.74, 6) is -1.14. The summed E-state index contributed by atoms with van der Waals surface area (Å²) >= 11 is 0. The minimum absolute atomic E-state index is 0.0125. The van der Waals surface area contributed by atoms with Crippen molar-refractivity contribution in [3.05, 3.63) is 29.8 Å². The smallest absolute Gasteiger partial charge is 0.340 e. The number of esters is 1. The van der Waals surface area contributed by atoms with E-state index in [-0.39, 0.29) is 24.0 Å². The van der Waals surface area contributed by atoms with Gasteiger partial charge in [-0.05, 0) is 31.9 Å². The standard InChI is InChI=1S/C20H25N3O5/c1-3-28-17(25)15-6-4-5-7-16(15)21-18(26)20(8-9-20)19(27)23-12-10-22(11-13-23)14(2)24/h4-7H,3,8-13H2,1-2H3,(H,21,26). The molecule has 1 aliphatic heterocycles. The fourth-order valence-corrected chi connectivity index (χ4v) is 3.41. The maximum Gasteiger partial charge on any atom is 0.340 e. The molecule has 2 aliphatic rings. The Hall–Kier alpha value is -2.90. The fraction of sp³-hybridized carbons (Fsp3) is 0.500. The van der Waals surface area contributed by atoms with Gasteiger partial charge in [0.25, 0.3) is 0 Å². The van der Waals surface area contributed by atoms with Crippen LogP contribution in [0, 0.1) is 5.41 Å². The van der Waals surface area contributed by atoms with E-state index >= 15 is 0 Å². The van der Waals surface area contributed by atoms with Gasteiger partial charge in [0.1, 0.15) is 5.41 Å². The molecule has 8 nitrogen and oxygen atoms in total. The van der Waals surface area contributed by atoms with Crippen molar-refractivity contribution in [2.75, 3.05) is 38.1 Å². The van der Waals surface area contributed by atoms with Gasteiger partial charge in [-0.15, -0.1) is 0 Å². The molecule has 1 N–H and O–H groups in total. The van der Waals surface area contributed by atoms with Crippen LogP contribution in [0.4, 0.5) is 5.69 Å². The van der Waals surface area contributed by atoms with Crippen LogP contribution in [0.25, 0.3) is 0 Å². The number of para-hydroxylation sites is 1. The van der Waals surface area contributed by atoms with Gasteiger partial charge in [-0.2, -0.15) is 0 Å². The molecule has 0 radical (unpaired) electrons. The molecule has 8 heteroatoms. The zero-order valence-corrected chi connectivity index (χ0v) is 16.2. The molecule has 0 unspecified atom stereocenters. The van der Waals surface area contributed by atoms with Crippen molar-refractivity contribution >= 4 is 29.4 Å². The number of nitrogens with one attached hydrogen (secondary N) is 1. The summed E-state index contributed by atoms with van der Waals surface area (Å²) in [6, 6.07) is 6.60. The Bertz CT molecular complexity index is 795. The predicted octanol–water partition coefficient (Wildman–Crippen LogP) is 1.27. The summed E-state index contributed by atoms with van der Waals surface area (Å²) in [4.78, 5) is 52.8. The third kappa shape index (κ3) is 3.85. The van der Waals surface area contributed by atoms with Crippen LogP contribution >= 0.6 is 0 Å². The summed E-state index contributed by atoms with van der Waals surface area (Å²) in [5, 5.41) is 2.75. The summed E-state index contributed by atoms with van der Waals surface area (Å²) in [6.07, 6.45) is 0.957. The molecular formula is C20H25N3O5. The zero-order chi connectivity index (χ0) is 20.3. The van der Waals surface area contributed by atoms with Gasteiger partial charge < -0.3 is 19.9 Å². The highest BCUT2D eigenvalue weighted by Gasteiger charge is 2.58. The Morgan fingerprint density at radius 1 is 1.04 bits per heavy atom. The van der Waals surface area contributed by atoms with E-state index in [2.05, 4.69) is 5.32 Å². The molecule has 1 aromatic carbocycles. The van der Waals surface area contributed by atoms with E-state index in [9.17, 15) is 19.2 Å². The van der Waals surface area contributed by atoms with Crippen LogP contribution in [0.2, 0.25) is 0 Å². The van der Waals surface area contributed by atoms with E-state index in [1.807, 2.05) is 0 Å². The Balaban J connectivity index is 1.69. The van der Waals surface area contributed by atoms with Crippen molar-refractivity contribution in [3.63, 3.8) is 0 Å². The van der Waals surface area contributed by atoms with E-state index < -0.39 is 17.3 Å². The topological polar surface area (TPSA) is 96.0 Å². The first-order valence-electron chi connectivity index (χ1n) is 9.51. The van der Waals surface area contributed by atoms with Crippen LogP contribution in [0.3, 0.4) is 0 Å². The fourth-order valence-electron chi connectivity index (χ4n) is 3.41. The van der Waals surface area contributed by atoms with Crippen LogP contribution in [-0.4, -0.2) is 66.3 Å². The van der Waals surface area contributed by atoms with Crippen molar-refractivity contribution in [2.45, 2.75) is 26.7 Å². The molecule has 1 aliphatic carbocycles. The van der Waals surface area contributed by atoms with Crippen LogP contribution in [0.5, 0.6) is 0 Å². The number of carbonyl (C=O) groups excluding carboxylic acids is 4. The lowest BCUT2D eigenvalue weighted by atomic mass is 10.0. The van der Waals surface area contributed by atoms with Crippen molar-refractivity contribution in [3.8, 4) is 0 Å². The van der Waals surface area contributed by atoms with Gasteiger partial charge in [0, 0.05) is 33.1 Å². The van der Waals surface area contributed by atoms with Crippen LogP contribution in [0.1, 0.15) is 37.0 Å². The van der Waals surface area contributed by atoms with Gasteiger partial charge in [0.2, 0.25) is 17.7 Å². The number of hydrogen-bond donors (Lipinski definition) is 1. The third-order valence-corrected chi connectivity index (χ3v) is 5.28. The number of carbonyl (C=O) groups is 4. The summed E-state index contributed by atoms with van der Waals surface area (Å²) in [5.41, 5.74) is -0.484. The molecule has 1 saturated heterocycles. The molecule has 2 fully saturated rings. The second-order valence-corrected chi connectivity index (χ2v) is 7.10. The Kier molecular flexibility index (Phi) is 5.67. The highest BCUT2D eigenvalue weighted by molar-refractivity contribution is 6.14. The minimum Gasteiger partial charge on any atom is -0.462 e. The molecule has 3 rings (SSSR count). The number of anilines is 1. The van der Waals surface area contributed by atoms with E-state index in [0.29, 0.717) is 44.7 Å². The van der Waals surface area contributed by atoms with Crippen molar-refractivity contribution in [2.24, 2.45) is 5.41 Å². The first kappa shape index (κ1) is 19.9. The molecule has 28 heavy (non-hydrogen) atoms. The molecule has 0 spiro atoms. The molecule has 0 atom stereocenters. The summed E-state index contributed by atoms with van der Waals surface area (Å²) in [7, 11) is 0. The normalized spacial score (nSPS) is 17.6. The monoisotopic (exact) mass is 387 g/mol. The maximum absolute atomic E-state index is 13.0. The minimum atomic E-state index is -1.08. The molecule has 1 heterocycles. The molecule has 1 saturated carbocycles. The van der Waals surface area contributed by atoms with Crippen LogP contribution < -0.4 is 5.32 Å². The highest BCUT2D eigenvalue weighted by atomic mass is 16.5. The number of piperazine rings is 1. The second kappa shape index (κ2) is 8.00. The molecule has 0 aromatic heterocycles. The molecule has 1 aromatic rings. The first-order chi connectivity index (χ1) is 13.4. The van der Waals surface area contributed by atoms with Gasteiger partial charge in [-0.25, -0.2) is 4.79 Å². The van der Waals surface area contributed by atoms with E-state index in [1.165, 1.54) is 6.92 Å². The number of rotatable bonds is 5. The maximum atomic E-state index is 13.0. The molecular weight excluding hydrogens is 362 g/mol. The van der Waals surface area contributed by atoms with Gasteiger partial charge >= 0.3 is 5.97 Å². The second-order valence-electron chi connectivity index (χ2n) is 7.10. The largest absolute Gasteiger partial charge is 0.462 e. The number of nitrogens with zero attached hydrogens (tertiary/aromatic N) is 2.